The van der Waals surface area contributed by atoms with Crippen LogP contribution in [0.5, 0.6) is 11.5 Å². The van der Waals surface area contributed by atoms with E-state index in [0.29, 0.717) is 23.3 Å². The fraction of sp³-hybridized carbons (Fsp3) is 0.263. The van der Waals surface area contributed by atoms with E-state index >= 15 is 0 Å². The van der Waals surface area contributed by atoms with E-state index < -0.39 is 35.0 Å². The molecule has 0 saturated carbocycles. The van der Waals surface area contributed by atoms with Crippen LogP contribution < -0.4 is 19.7 Å². The van der Waals surface area contributed by atoms with Crippen LogP contribution in [0, 0.1) is 23.4 Å². The molecule has 1 aliphatic heterocycles. The highest BCUT2D eigenvalue weighted by Crippen LogP contribution is 2.36. The van der Waals surface area contributed by atoms with Crippen molar-refractivity contribution in [2.45, 2.75) is 6.42 Å². The lowest BCUT2D eigenvalue weighted by Crippen LogP contribution is -2.28. The number of rotatable bonds is 5. The number of anilines is 2. The zero-order valence-electron chi connectivity index (χ0n) is 15.1. The van der Waals surface area contributed by atoms with Crippen molar-refractivity contribution in [2.24, 2.45) is 5.92 Å². The number of hydrogen-bond acceptors (Lipinski definition) is 4. The molecule has 0 aliphatic carbocycles. The van der Waals surface area contributed by atoms with Gasteiger partial charge in [-0.1, -0.05) is 0 Å². The third-order valence-electron chi connectivity index (χ3n) is 4.47. The number of benzene rings is 2. The van der Waals surface area contributed by atoms with Crippen LogP contribution >= 0.6 is 0 Å². The summed E-state index contributed by atoms with van der Waals surface area (Å²) >= 11 is 0. The van der Waals surface area contributed by atoms with Crippen molar-refractivity contribution in [1.29, 1.82) is 0 Å². The molecule has 6 nitrogen and oxygen atoms in total. The molecule has 2 aromatic rings. The predicted octanol–water partition coefficient (Wildman–Crippen LogP) is 3.11. The van der Waals surface area contributed by atoms with Gasteiger partial charge in [-0.15, -0.1) is 0 Å². The van der Waals surface area contributed by atoms with Crippen LogP contribution in [0.25, 0.3) is 0 Å². The first-order valence-corrected chi connectivity index (χ1v) is 8.32. The quantitative estimate of drug-likeness (QED) is 0.792. The molecule has 0 spiro atoms. The molecular weight excluding hydrogens is 377 g/mol. The molecule has 2 amide bonds. The summed E-state index contributed by atoms with van der Waals surface area (Å²) in [6.07, 6.45) is -0.119. The Morgan fingerprint density at radius 3 is 2.54 bits per heavy atom. The van der Waals surface area contributed by atoms with Crippen LogP contribution in [0.4, 0.5) is 24.5 Å². The van der Waals surface area contributed by atoms with E-state index in [-0.39, 0.29) is 18.9 Å². The van der Waals surface area contributed by atoms with Crippen LogP contribution in [0.15, 0.2) is 30.3 Å². The van der Waals surface area contributed by atoms with E-state index in [2.05, 4.69) is 5.32 Å². The molecule has 1 aliphatic rings. The Labute approximate surface area is 158 Å². The van der Waals surface area contributed by atoms with Gasteiger partial charge in [0.1, 0.15) is 11.5 Å². The van der Waals surface area contributed by atoms with Gasteiger partial charge >= 0.3 is 0 Å². The summed E-state index contributed by atoms with van der Waals surface area (Å²) < 4.78 is 50.5. The van der Waals surface area contributed by atoms with Crippen molar-refractivity contribution >= 4 is 23.2 Å². The molecule has 0 aromatic heterocycles. The highest BCUT2D eigenvalue weighted by molar-refractivity contribution is 6.04. The zero-order valence-corrected chi connectivity index (χ0v) is 15.1. The summed E-state index contributed by atoms with van der Waals surface area (Å²) in [5.74, 6) is -5.40. The van der Waals surface area contributed by atoms with Gasteiger partial charge in [-0.2, -0.15) is 0 Å². The molecule has 1 unspecified atom stereocenters. The molecule has 1 heterocycles. The minimum atomic E-state index is -1.68. The van der Waals surface area contributed by atoms with Gasteiger partial charge in [-0.25, -0.2) is 13.2 Å². The average Bonchev–Trinajstić information content (AvgIpc) is 3.09. The number of amides is 2. The average molecular weight is 394 g/mol. The minimum absolute atomic E-state index is 0.0264. The molecule has 1 atom stereocenters. The Morgan fingerprint density at radius 1 is 1.11 bits per heavy atom. The molecule has 1 N–H and O–H groups in total. The summed E-state index contributed by atoms with van der Waals surface area (Å²) in [6, 6.07) is 6.52. The third kappa shape index (κ3) is 3.60. The second-order valence-corrected chi connectivity index (χ2v) is 6.16. The summed E-state index contributed by atoms with van der Waals surface area (Å²) in [5.41, 5.74) is -0.0283. The first kappa shape index (κ1) is 19.5. The van der Waals surface area contributed by atoms with E-state index in [9.17, 15) is 22.8 Å². The van der Waals surface area contributed by atoms with Gasteiger partial charge in [0.25, 0.3) is 0 Å². The van der Waals surface area contributed by atoms with Crippen molar-refractivity contribution in [2.75, 3.05) is 31.0 Å². The second-order valence-electron chi connectivity index (χ2n) is 6.16. The lowest BCUT2D eigenvalue weighted by molar-refractivity contribution is -0.122. The van der Waals surface area contributed by atoms with Crippen molar-refractivity contribution in [3.63, 3.8) is 0 Å². The van der Waals surface area contributed by atoms with Gasteiger partial charge < -0.3 is 19.7 Å². The highest BCUT2D eigenvalue weighted by atomic mass is 19.2. The lowest BCUT2D eigenvalue weighted by Gasteiger charge is -2.20. The fourth-order valence-electron chi connectivity index (χ4n) is 2.98. The van der Waals surface area contributed by atoms with Crippen LogP contribution in [0.1, 0.15) is 6.42 Å². The Morgan fingerprint density at radius 2 is 1.86 bits per heavy atom. The smallest absolute Gasteiger partial charge is 0.229 e. The number of nitrogens with zero attached hydrogens (tertiary/aromatic N) is 1. The normalized spacial score (nSPS) is 16.2. The number of halogens is 3. The van der Waals surface area contributed by atoms with Crippen molar-refractivity contribution in [3.05, 3.63) is 47.8 Å². The minimum Gasteiger partial charge on any atom is -0.497 e. The number of carbonyl (C=O) groups excluding carboxylic acids is 2. The van der Waals surface area contributed by atoms with Gasteiger partial charge in [-0.05, 0) is 24.3 Å². The van der Waals surface area contributed by atoms with Crippen LogP contribution in [0.2, 0.25) is 0 Å². The van der Waals surface area contributed by atoms with Gasteiger partial charge in [-0.3, -0.25) is 9.59 Å². The van der Waals surface area contributed by atoms with E-state index in [0.717, 1.165) is 6.07 Å². The Balaban J connectivity index is 1.78. The number of nitrogens with one attached hydrogen (secondary N) is 1. The number of methoxy groups -OCH3 is 2. The molecule has 0 bridgehead atoms. The molecule has 28 heavy (non-hydrogen) atoms. The van der Waals surface area contributed by atoms with Crippen LogP contribution in [-0.2, 0) is 9.59 Å². The topological polar surface area (TPSA) is 67.9 Å². The first-order valence-electron chi connectivity index (χ1n) is 8.32. The summed E-state index contributed by atoms with van der Waals surface area (Å²) in [4.78, 5) is 26.2. The standard InChI is InChI=1S/C19H17F3N2O4/c1-27-11-3-6-14(15(8-11)28-2)24-9-10(7-16(24)25)19(26)23-13-5-4-12(20)17(21)18(13)22/h3-6,8,10H,7,9H2,1-2H3,(H,23,26). The molecule has 148 valence electrons. The second kappa shape index (κ2) is 7.79. The molecule has 1 saturated heterocycles. The first-order chi connectivity index (χ1) is 13.3. The van der Waals surface area contributed by atoms with Gasteiger partial charge in [0, 0.05) is 19.0 Å². The Bertz CT molecular complexity index is 936. The predicted molar refractivity (Wildman–Crippen MR) is 95.0 cm³/mol. The summed E-state index contributed by atoms with van der Waals surface area (Å²) in [5, 5.41) is 2.21. The molecule has 9 heteroatoms. The monoisotopic (exact) mass is 394 g/mol. The van der Waals surface area contributed by atoms with E-state index in [1.165, 1.54) is 19.1 Å². The summed E-state index contributed by atoms with van der Waals surface area (Å²) in [6.45, 7) is 0.0264. The van der Waals surface area contributed by atoms with Gasteiger partial charge in [0.2, 0.25) is 11.8 Å². The highest BCUT2D eigenvalue weighted by Gasteiger charge is 2.36. The van der Waals surface area contributed by atoms with Crippen molar-refractivity contribution in [3.8, 4) is 11.5 Å². The van der Waals surface area contributed by atoms with E-state index in [1.807, 2.05) is 0 Å². The molecular formula is C19H17F3N2O4. The third-order valence-corrected chi connectivity index (χ3v) is 4.47. The number of carbonyl (C=O) groups is 2. The van der Waals surface area contributed by atoms with Crippen molar-refractivity contribution in [1.82, 2.24) is 0 Å². The lowest BCUT2D eigenvalue weighted by atomic mass is 10.1. The van der Waals surface area contributed by atoms with Crippen molar-refractivity contribution < 1.29 is 32.2 Å². The summed E-state index contributed by atoms with van der Waals surface area (Å²) in [7, 11) is 2.93. The maximum atomic E-state index is 13.8. The van der Waals surface area contributed by atoms with E-state index in [1.54, 1.807) is 18.2 Å². The van der Waals surface area contributed by atoms with Crippen LogP contribution in [0.3, 0.4) is 0 Å². The number of ether oxygens (including phenoxy) is 2. The molecule has 3 rings (SSSR count). The molecule has 1 fully saturated rings. The van der Waals surface area contributed by atoms with Crippen LogP contribution in [-0.4, -0.2) is 32.6 Å². The zero-order chi connectivity index (χ0) is 20.4. The van der Waals surface area contributed by atoms with Gasteiger partial charge in [0.05, 0.1) is 31.5 Å². The fourth-order valence-corrected chi connectivity index (χ4v) is 2.98. The van der Waals surface area contributed by atoms with E-state index in [4.69, 9.17) is 9.47 Å². The van der Waals surface area contributed by atoms with Gasteiger partial charge in [0.15, 0.2) is 17.5 Å². The number of hydrogen-bond donors (Lipinski definition) is 1. The molecule has 0 radical (unpaired) electrons. The maximum Gasteiger partial charge on any atom is 0.229 e. The Kier molecular flexibility index (Phi) is 5.43. The largest absolute Gasteiger partial charge is 0.497 e. The maximum absolute atomic E-state index is 13.8. The molecule has 2 aromatic carbocycles. The Hall–Kier alpha value is -3.23. The SMILES string of the molecule is COc1ccc(N2CC(C(=O)Nc3ccc(F)c(F)c3F)CC2=O)c(OC)c1.